The van der Waals surface area contributed by atoms with Crippen LogP contribution in [0.5, 0.6) is 0 Å². The Morgan fingerprint density at radius 1 is 1.50 bits per heavy atom. The first-order valence-corrected chi connectivity index (χ1v) is 5.87. The van der Waals surface area contributed by atoms with Gasteiger partial charge in [0.05, 0.1) is 12.1 Å². The van der Waals surface area contributed by atoms with Crippen molar-refractivity contribution in [2.75, 3.05) is 5.32 Å². The van der Waals surface area contributed by atoms with Gasteiger partial charge >= 0.3 is 10.8 Å². The lowest BCUT2D eigenvalue weighted by atomic mass is 10.2. The summed E-state index contributed by atoms with van der Waals surface area (Å²) in [5, 5.41) is 13.2. The van der Waals surface area contributed by atoms with E-state index in [0.717, 1.165) is 17.4 Å². The molecule has 1 aromatic carbocycles. The number of hydrogen-bond donors (Lipinski definition) is 3. The minimum atomic E-state index is -1.30. The average molecular weight is 268 g/mol. The molecule has 0 spiro atoms. The summed E-state index contributed by atoms with van der Waals surface area (Å²) in [4.78, 5) is 24.0. The third-order valence-corrected chi connectivity index (χ3v) is 2.97. The fourth-order valence-electron chi connectivity index (χ4n) is 1.40. The van der Waals surface area contributed by atoms with E-state index in [-0.39, 0.29) is 10.4 Å². The van der Waals surface area contributed by atoms with E-state index < -0.39 is 11.8 Å². The maximum atomic E-state index is 13.4. The maximum absolute atomic E-state index is 13.4. The summed E-state index contributed by atoms with van der Waals surface area (Å²) in [7, 11) is 0. The highest BCUT2D eigenvalue weighted by molar-refractivity contribution is 7.07. The van der Waals surface area contributed by atoms with Crippen molar-refractivity contribution in [2.24, 2.45) is 0 Å². The van der Waals surface area contributed by atoms with Crippen molar-refractivity contribution >= 4 is 23.0 Å². The van der Waals surface area contributed by atoms with Crippen LogP contribution in [0.3, 0.4) is 0 Å². The number of aromatic amines is 1. The normalized spacial score (nSPS) is 10.3. The van der Waals surface area contributed by atoms with Crippen molar-refractivity contribution < 1.29 is 14.3 Å². The second kappa shape index (κ2) is 5.01. The molecule has 18 heavy (non-hydrogen) atoms. The molecule has 0 aliphatic heterocycles. The minimum absolute atomic E-state index is 0.154. The topological polar surface area (TPSA) is 82.2 Å². The lowest BCUT2D eigenvalue weighted by molar-refractivity contribution is 0.0692. The van der Waals surface area contributed by atoms with Crippen molar-refractivity contribution in [3.8, 4) is 0 Å². The van der Waals surface area contributed by atoms with Crippen LogP contribution in [-0.2, 0) is 6.54 Å². The predicted octanol–water partition coefficient (Wildman–Crippen LogP) is 1.89. The number of aromatic carboxylic acids is 1. The monoisotopic (exact) mass is 268 g/mol. The van der Waals surface area contributed by atoms with Gasteiger partial charge in [0.25, 0.3) is 0 Å². The first kappa shape index (κ1) is 12.3. The van der Waals surface area contributed by atoms with Crippen LogP contribution >= 0.6 is 11.3 Å². The molecule has 0 saturated carbocycles. The van der Waals surface area contributed by atoms with Crippen LogP contribution in [0.1, 0.15) is 16.1 Å². The summed E-state index contributed by atoms with van der Waals surface area (Å²) < 4.78 is 13.4. The quantitative estimate of drug-likeness (QED) is 0.790. The minimum Gasteiger partial charge on any atom is -0.478 e. The predicted molar refractivity (Wildman–Crippen MR) is 65.6 cm³/mol. The van der Waals surface area contributed by atoms with Crippen LogP contribution in [-0.4, -0.2) is 16.1 Å². The van der Waals surface area contributed by atoms with Crippen LogP contribution < -0.4 is 10.2 Å². The average Bonchev–Trinajstić information content (AvgIpc) is 2.72. The Kier molecular flexibility index (Phi) is 3.42. The summed E-state index contributed by atoms with van der Waals surface area (Å²) in [6.07, 6.45) is 0. The molecule has 0 unspecified atom stereocenters. The summed E-state index contributed by atoms with van der Waals surface area (Å²) in [5.41, 5.74) is 0.766. The number of carboxylic acid groups (broad SMARTS) is 1. The number of halogens is 1. The van der Waals surface area contributed by atoms with Crippen molar-refractivity contribution in [1.82, 2.24) is 4.98 Å². The van der Waals surface area contributed by atoms with E-state index in [4.69, 9.17) is 5.11 Å². The van der Waals surface area contributed by atoms with E-state index >= 15 is 0 Å². The summed E-state index contributed by atoms with van der Waals surface area (Å²) in [6.45, 7) is 0.338. The van der Waals surface area contributed by atoms with Gasteiger partial charge in [0.15, 0.2) is 0 Å². The number of carboxylic acids is 1. The number of hydrogen-bond acceptors (Lipinski definition) is 4. The highest BCUT2D eigenvalue weighted by Gasteiger charge is 2.10. The Hall–Kier alpha value is -2.15. The van der Waals surface area contributed by atoms with Gasteiger partial charge in [-0.3, -0.25) is 4.79 Å². The number of nitrogens with one attached hydrogen (secondary N) is 2. The van der Waals surface area contributed by atoms with Gasteiger partial charge in [0.1, 0.15) is 5.82 Å². The zero-order valence-electron chi connectivity index (χ0n) is 9.07. The molecular formula is C11H9FN2O3S. The first-order chi connectivity index (χ1) is 8.56. The van der Waals surface area contributed by atoms with Gasteiger partial charge in [-0.05, 0) is 18.2 Å². The number of benzene rings is 1. The van der Waals surface area contributed by atoms with Gasteiger partial charge < -0.3 is 15.4 Å². The number of rotatable bonds is 4. The molecule has 0 bridgehead atoms. The highest BCUT2D eigenvalue weighted by Crippen LogP contribution is 2.15. The summed E-state index contributed by atoms with van der Waals surface area (Å²) in [6, 6.07) is 3.77. The largest absolute Gasteiger partial charge is 0.478 e. The van der Waals surface area contributed by atoms with Crippen LogP contribution in [0.2, 0.25) is 0 Å². The fourth-order valence-corrected chi connectivity index (χ4v) is 1.98. The van der Waals surface area contributed by atoms with E-state index in [1.165, 1.54) is 12.1 Å². The van der Waals surface area contributed by atoms with E-state index in [2.05, 4.69) is 10.3 Å². The van der Waals surface area contributed by atoms with Crippen LogP contribution in [0.15, 0.2) is 28.4 Å². The standard InChI is InChI=1S/C11H9FN2O3S/c12-9-3-6(1-2-8(9)10(15)16)13-4-7-5-18-11(17)14-7/h1-3,5,13H,4H2,(H,14,17)(H,15,16). The lowest BCUT2D eigenvalue weighted by Crippen LogP contribution is -2.05. The number of aromatic nitrogens is 1. The Bertz CT molecular complexity index is 635. The Morgan fingerprint density at radius 3 is 2.83 bits per heavy atom. The van der Waals surface area contributed by atoms with E-state index in [0.29, 0.717) is 17.9 Å². The van der Waals surface area contributed by atoms with Gasteiger partial charge in [-0.1, -0.05) is 11.3 Å². The third-order valence-electron chi connectivity index (χ3n) is 2.25. The molecule has 7 heteroatoms. The molecule has 0 amide bonds. The van der Waals surface area contributed by atoms with Gasteiger partial charge in [0, 0.05) is 16.8 Å². The number of carbonyl (C=O) groups is 1. The van der Waals surface area contributed by atoms with Gasteiger partial charge in [-0.25, -0.2) is 9.18 Å². The molecular weight excluding hydrogens is 259 g/mol. The smallest absolute Gasteiger partial charge is 0.338 e. The molecule has 0 aliphatic carbocycles. The molecule has 5 nitrogen and oxygen atoms in total. The molecule has 94 valence electrons. The molecule has 2 rings (SSSR count). The molecule has 0 atom stereocenters. The second-order valence-corrected chi connectivity index (χ2v) is 4.37. The van der Waals surface area contributed by atoms with Gasteiger partial charge in [-0.15, -0.1) is 0 Å². The molecule has 3 N–H and O–H groups in total. The Balaban J connectivity index is 2.08. The van der Waals surface area contributed by atoms with Crippen molar-refractivity contribution in [2.45, 2.75) is 6.54 Å². The molecule has 0 fully saturated rings. The van der Waals surface area contributed by atoms with Gasteiger partial charge in [-0.2, -0.15) is 0 Å². The summed E-state index contributed by atoms with van der Waals surface area (Å²) in [5.74, 6) is -2.10. The first-order valence-electron chi connectivity index (χ1n) is 4.99. The second-order valence-electron chi connectivity index (χ2n) is 3.53. The summed E-state index contributed by atoms with van der Waals surface area (Å²) >= 11 is 1.05. The van der Waals surface area contributed by atoms with Crippen molar-refractivity contribution in [3.63, 3.8) is 0 Å². The van der Waals surface area contributed by atoms with Crippen LogP contribution in [0.25, 0.3) is 0 Å². The van der Waals surface area contributed by atoms with Crippen molar-refractivity contribution in [3.05, 3.63) is 50.3 Å². The molecule has 2 aromatic rings. The van der Waals surface area contributed by atoms with Gasteiger partial charge in [0.2, 0.25) is 0 Å². The third kappa shape index (κ3) is 2.75. The SMILES string of the molecule is O=C(O)c1ccc(NCc2csc(=O)[nH]2)cc1F. The molecule has 0 saturated heterocycles. The fraction of sp³-hybridized carbons (Fsp3) is 0.0909. The van der Waals surface area contributed by atoms with Crippen molar-refractivity contribution in [1.29, 1.82) is 0 Å². The molecule has 1 aromatic heterocycles. The van der Waals surface area contributed by atoms with E-state index in [9.17, 15) is 14.0 Å². The van der Waals surface area contributed by atoms with E-state index in [1.54, 1.807) is 5.38 Å². The number of thiazole rings is 1. The number of H-pyrrole nitrogens is 1. The molecule has 0 radical (unpaired) electrons. The highest BCUT2D eigenvalue weighted by atomic mass is 32.1. The van der Waals surface area contributed by atoms with E-state index in [1.807, 2.05) is 0 Å². The maximum Gasteiger partial charge on any atom is 0.338 e. The number of anilines is 1. The van der Waals surface area contributed by atoms with Crippen LogP contribution in [0.4, 0.5) is 10.1 Å². The molecule has 1 heterocycles. The zero-order valence-corrected chi connectivity index (χ0v) is 9.88. The van der Waals surface area contributed by atoms with Crippen LogP contribution in [0, 0.1) is 5.82 Å². The zero-order chi connectivity index (χ0) is 13.1. The Morgan fingerprint density at radius 2 is 2.28 bits per heavy atom. The lowest BCUT2D eigenvalue weighted by Gasteiger charge is -2.06. The Labute approximate surface area is 105 Å². The molecule has 0 aliphatic rings.